The first-order chi connectivity index (χ1) is 10.8. The number of rotatable bonds is 5. The van der Waals surface area contributed by atoms with Gasteiger partial charge >= 0.3 is 0 Å². The third kappa shape index (κ3) is 4.00. The Bertz CT molecular complexity index is 662. The standard InChI is InChI=1S/C16H24BrNO4S/c1-10-6-5-7-13(11(10)2)18-23(19,20)16-9-15(22-4)14(21-3)8-12(16)17/h8-11,13,18H,5-7H2,1-4H3/t10-,11+,13+/m0/s1. The van der Waals surface area contributed by atoms with E-state index >= 15 is 0 Å². The molecule has 23 heavy (non-hydrogen) atoms. The first kappa shape index (κ1) is 18.5. The van der Waals surface area contributed by atoms with Gasteiger partial charge in [0.15, 0.2) is 11.5 Å². The van der Waals surface area contributed by atoms with Gasteiger partial charge in [-0.15, -0.1) is 0 Å². The monoisotopic (exact) mass is 405 g/mol. The van der Waals surface area contributed by atoms with Crippen molar-refractivity contribution in [3.05, 3.63) is 16.6 Å². The van der Waals surface area contributed by atoms with Gasteiger partial charge in [0.05, 0.1) is 14.2 Å². The number of hydrogen-bond acceptors (Lipinski definition) is 4. The molecule has 0 unspecified atom stereocenters. The average Bonchev–Trinajstić information content (AvgIpc) is 2.51. The third-order valence-electron chi connectivity index (χ3n) is 4.74. The van der Waals surface area contributed by atoms with E-state index in [1.165, 1.54) is 20.3 Å². The molecule has 0 saturated heterocycles. The number of methoxy groups -OCH3 is 2. The predicted molar refractivity (Wildman–Crippen MR) is 93.5 cm³/mol. The van der Waals surface area contributed by atoms with E-state index in [2.05, 4.69) is 34.5 Å². The molecule has 1 aromatic rings. The van der Waals surface area contributed by atoms with Crippen molar-refractivity contribution in [1.82, 2.24) is 4.72 Å². The van der Waals surface area contributed by atoms with Crippen molar-refractivity contribution in [2.45, 2.75) is 44.0 Å². The van der Waals surface area contributed by atoms with Gasteiger partial charge in [-0.05, 0) is 40.3 Å². The van der Waals surface area contributed by atoms with Crippen LogP contribution >= 0.6 is 15.9 Å². The highest BCUT2D eigenvalue weighted by molar-refractivity contribution is 9.10. The van der Waals surface area contributed by atoms with E-state index in [4.69, 9.17) is 9.47 Å². The Morgan fingerprint density at radius 1 is 1.13 bits per heavy atom. The lowest BCUT2D eigenvalue weighted by Gasteiger charge is -2.34. The molecule has 1 aromatic carbocycles. The number of sulfonamides is 1. The number of halogens is 1. The summed E-state index contributed by atoms with van der Waals surface area (Å²) < 4.78 is 39.3. The molecular formula is C16H24BrNO4S. The zero-order valence-corrected chi connectivity index (χ0v) is 16.3. The second-order valence-corrected chi connectivity index (χ2v) is 8.67. The highest BCUT2D eigenvalue weighted by Gasteiger charge is 2.32. The molecule has 3 atom stereocenters. The van der Waals surface area contributed by atoms with Gasteiger partial charge in [0.25, 0.3) is 0 Å². The van der Waals surface area contributed by atoms with Crippen molar-refractivity contribution >= 4 is 26.0 Å². The first-order valence-electron chi connectivity index (χ1n) is 7.74. The van der Waals surface area contributed by atoms with Crippen molar-refractivity contribution in [1.29, 1.82) is 0 Å². The summed E-state index contributed by atoms with van der Waals surface area (Å²) in [5.74, 6) is 1.71. The van der Waals surface area contributed by atoms with Gasteiger partial charge in [-0.1, -0.05) is 26.7 Å². The van der Waals surface area contributed by atoms with Crippen molar-refractivity contribution in [2.75, 3.05) is 14.2 Å². The van der Waals surface area contributed by atoms with Crippen LogP contribution in [0, 0.1) is 11.8 Å². The van der Waals surface area contributed by atoms with E-state index in [1.807, 2.05) is 0 Å². The Morgan fingerprint density at radius 2 is 1.74 bits per heavy atom. The smallest absolute Gasteiger partial charge is 0.242 e. The molecule has 2 rings (SSSR count). The molecule has 0 amide bonds. The van der Waals surface area contributed by atoms with Crippen LogP contribution in [0.15, 0.2) is 21.5 Å². The van der Waals surface area contributed by atoms with Gasteiger partial charge < -0.3 is 9.47 Å². The van der Waals surface area contributed by atoms with Crippen LogP contribution in [-0.2, 0) is 10.0 Å². The summed E-state index contributed by atoms with van der Waals surface area (Å²) in [4.78, 5) is 0.167. The maximum atomic E-state index is 12.8. The van der Waals surface area contributed by atoms with E-state index in [1.54, 1.807) is 6.07 Å². The van der Waals surface area contributed by atoms with Crippen molar-refractivity contribution in [3.63, 3.8) is 0 Å². The molecule has 130 valence electrons. The van der Waals surface area contributed by atoms with Gasteiger partial charge in [0, 0.05) is 16.6 Å². The summed E-state index contributed by atoms with van der Waals surface area (Å²) in [5, 5.41) is 0. The third-order valence-corrected chi connectivity index (χ3v) is 7.19. The molecule has 0 spiro atoms. The number of benzene rings is 1. The Labute approximate surface area is 146 Å². The minimum Gasteiger partial charge on any atom is -0.493 e. The Morgan fingerprint density at radius 3 is 2.35 bits per heavy atom. The minimum atomic E-state index is -3.64. The molecule has 5 nitrogen and oxygen atoms in total. The fraction of sp³-hybridized carbons (Fsp3) is 0.625. The van der Waals surface area contributed by atoms with Gasteiger partial charge in [-0.25, -0.2) is 13.1 Å². The Hall–Kier alpha value is -0.790. The average molecular weight is 406 g/mol. The van der Waals surface area contributed by atoms with Crippen molar-refractivity contribution in [2.24, 2.45) is 11.8 Å². The van der Waals surface area contributed by atoms with E-state index in [9.17, 15) is 8.42 Å². The normalized spacial score (nSPS) is 25.2. The fourth-order valence-corrected chi connectivity index (χ4v) is 5.45. The molecule has 1 N–H and O–H groups in total. The number of hydrogen-bond donors (Lipinski definition) is 1. The summed E-state index contributed by atoms with van der Waals surface area (Å²) in [6.07, 6.45) is 3.07. The number of ether oxygens (including phenoxy) is 2. The molecule has 1 aliphatic carbocycles. The SMILES string of the molecule is COc1cc(Br)c(S(=O)(=O)N[C@@H]2CCC[C@H](C)[C@H]2C)cc1OC. The number of nitrogens with one attached hydrogen (secondary N) is 1. The van der Waals surface area contributed by atoms with Gasteiger partial charge in [-0.2, -0.15) is 0 Å². The van der Waals surface area contributed by atoms with Crippen LogP contribution in [0.3, 0.4) is 0 Å². The van der Waals surface area contributed by atoms with Crippen LogP contribution in [0.4, 0.5) is 0 Å². The molecular weight excluding hydrogens is 382 g/mol. The topological polar surface area (TPSA) is 64.6 Å². The van der Waals surface area contributed by atoms with Crippen molar-refractivity contribution < 1.29 is 17.9 Å². The second-order valence-electron chi connectivity index (χ2n) is 6.13. The van der Waals surface area contributed by atoms with Gasteiger partial charge in [0.2, 0.25) is 10.0 Å². The molecule has 0 bridgehead atoms. The van der Waals surface area contributed by atoms with E-state index in [-0.39, 0.29) is 10.9 Å². The van der Waals surface area contributed by atoms with Crippen LogP contribution in [0.1, 0.15) is 33.1 Å². The Kier molecular flexibility index (Phi) is 5.97. The first-order valence-corrected chi connectivity index (χ1v) is 10.0. The molecule has 1 fully saturated rings. The lowest BCUT2D eigenvalue weighted by molar-refractivity contribution is 0.227. The van der Waals surface area contributed by atoms with Crippen LogP contribution in [-0.4, -0.2) is 28.7 Å². The van der Waals surface area contributed by atoms with Crippen LogP contribution < -0.4 is 14.2 Å². The highest BCUT2D eigenvalue weighted by atomic mass is 79.9. The molecule has 0 aliphatic heterocycles. The zero-order chi connectivity index (χ0) is 17.2. The molecule has 0 heterocycles. The molecule has 7 heteroatoms. The molecule has 0 radical (unpaired) electrons. The summed E-state index contributed by atoms with van der Waals surface area (Å²) in [6.45, 7) is 4.29. The largest absolute Gasteiger partial charge is 0.493 e. The molecule has 1 aliphatic rings. The summed E-state index contributed by atoms with van der Waals surface area (Å²) >= 11 is 3.32. The molecule has 0 aromatic heterocycles. The quantitative estimate of drug-likeness (QED) is 0.812. The van der Waals surface area contributed by atoms with Crippen molar-refractivity contribution in [3.8, 4) is 11.5 Å². The predicted octanol–water partition coefficient (Wildman–Crippen LogP) is 3.57. The maximum absolute atomic E-state index is 12.8. The van der Waals surface area contributed by atoms with Crippen LogP contribution in [0.25, 0.3) is 0 Å². The lowest BCUT2D eigenvalue weighted by Crippen LogP contribution is -2.43. The molecule has 1 saturated carbocycles. The minimum absolute atomic E-state index is 0.0382. The van der Waals surface area contributed by atoms with Gasteiger partial charge in [0.1, 0.15) is 4.90 Å². The zero-order valence-electron chi connectivity index (χ0n) is 13.9. The summed E-state index contributed by atoms with van der Waals surface area (Å²) in [7, 11) is -0.635. The summed E-state index contributed by atoms with van der Waals surface area (Å²) in [6, 6.07) is 3.06. The van der Waals surface area contributed by atoms with E-state index in [0.29, 0.717) is 27.8 Å². The maximum Gasteiger partial charge on any atom is 0.242 e. The van der Waals surface area contributed by atoms with Gasteiger partial charge in [-0.3, -0.25) is 0 Å². The summed E-state index contributed by atoms with van der Waals surface area (Å²) in [5.41, 5.74) is 0. The van der Waals surface area contributed by atoms with E-state index < -0.39 is 10.0 Å². The highest BCUT2D eigenvalue weighted by Crippen LogP contribution is 2.36. The lowest BCUT2D eigenvalue weighted by atomic mass is 9.78. The Balaban J connectivity index is 2.32. The van der Waals surface area contributed by atoms with Crippen LogP contribution in [0.2, 0.25) is 0 Å². The van der Waals surface area contributed by atoms with Crippen LogP contribution in [0.5, 0.6) is 11.5 Å². The van der Waals surface area contributed by atoms with E-state index in [0.717, 1.165) is 19.3 Å². The second kappa shape index (κ2) is 7.40. The fourth-order valence-electron chi connectivity index (χ4n) is 3.05.